The van der Waals surface area contributed by atoms with Crippen molar-refractivity contribution in [2.75, 3.05) is 19.7 Å². The zero-order valence-corrected chi connectivity index (χ0v) is 12.1. The molecule has 0 atom stereocenters. The molecule has 21 heavy (non-hydrogen) atoms. The van der Waals surface area contributed by atoms with Gasteiger partial charge in [-0.3, -0.25) is 9.59 Å². The summed E-state index contributed by atoms with van der Waals surface area (Å²) < 4.78 is 5.57. The highest BCUT2D eigenvalue weighted by Gasteiger charge is 2.22. The van der Waals surface area contributed by atoms with Crippen LogP contribution in [0, 0.1) is 0 Å². The third-order valence-corrected chi connectivity index (χ3v) is 3.97. The van der Waals surface area contributed by atoms with Gasteiger partial charge in [0.1, 0.15) is 5.75 Å². The van der Waals surface area contributed by atoms with Crippen LogP contribution in [-0.2, 0) is 22.6 Å². The molecule has 0 aliphatic carbocycles. The number of aryl methyl sites for hydroxylation is 1. The number of ether oxygens (including phenoxy) is 1. The van der Waals surface area contributed by atoms with E-state index in [4.69, 9.17) is 4.74 Å². The summed E-state index contributed by atoms with van der Waals surface area (Å²) in [6, 6.07) is 6.04. The van der Waals surface area contributed by atoms with Gasteiger partial charge in [0.05, 0.1) is 13.2 Å². The van der Waals surface area contributed by atoms with Crippen LogP contribution in [0.2, 0.25) is 0 Å². The molecule has 112 valence electrons. The van der Waals surface area contributed by atoms with Crippen LogP contribution in [0.3, 0.4) is 0 Å². The standard InChI is InChI=1S/C16H20N2O3/c19-15(11-18-7-1-4-16(18)20)17-10-12-5-6-14-13(9-12)3-2-8-21-14/h5-6,9H,1-4,7-8,10-11H2,(H,17,19). The van der Waals surface area contributed by atoms with Gasteiger partial charge in [-0.2, -0.15) is 0 Å². The molecule has 3 rings (SSSR count). The van der Waals surface area contributed by atoms with E-state index < -0.39 is 0 Å². The van der Waals surface area contributed by atoms with Gasteiger partial charge in [0.2, 0.25) is 11.8 Å². The number of nitrogens with one attached hydrogen (secondary N) is 1. The average Bonchev–Trinajstić information content (AvgIpc) is 2.90. The summed E-state index contributed by atoms with van der Waals surface area (Å²) in [7, 11) is 0. The summed E-state index contributed by atoms with van der Waals surface area (Å²) in [6.07, 6.45) is 3.49. The van der Waals surface area contributed by atoms with Crippen molar-refractivity contribution in [1.29, 1.82) is 0 Å². The van der Waals surface area contributed by atoms with E-state index in [0.717, 1.165) is 37.2 Å². The zero-order valence-electron chi connectivity index (χ0n) is 12.1. The third kappa shape index (κ3) is 3.35. The lowest BCUT2D eigenvalue weighted by Gasteiger charge is -2.18. The molecule has 5 nitrogen and oxygen atoms in total. The number of hydrogen-bond acceptors (Lipinski definition) is 3. The fraction of sp³-hybridized carbons (Fsp3) is 0.500. The second-order valence-electron chi connectivity index (χ2n) is 5.59. The summed E-state index contributed by atoms with van der Waals surface area (Å²) >= 11 is 0. The first-order valence-corrected chi connectivity index (χ1v) is 7.51. The first-order valence-electron chi connectivity index (χ1n) is 7.51. The molecule has 1 aromatic rings. The molecule has 1 N–H and O–H groups in total. The normalized spacial score (nSPS) is 17.3. The van der Waals surface area contributed by atoms with Gasteiger partial charge in [0.25, 0.3) is 0 Å². The van der Waals surface area contributed by atoms with Gasteiger partial charge in [0, 0.05) is 19.5 Å². The van der Waals surface area contributed by atoms with Crippen LogP contribution in [-0.4, -0.2) is 36.4 Å². The maximum absolute atomic E-state index is 11.9. The SMILES string of the molecule is O=C(CN1CCCC1=O)NCc1ccc2c(c1)CCCO2. The number of fused-ring (bicyclic) bond motifs is 1. The quantitative estimate of drug-likeness (QED) is 0.907. The van der Waals surface area contributed by atoms with Crippen molar-refractivity contribution in [3.63, 3.8) is 0 Å². The number of carbonyl (C=O) groups is 2. The van der Waals surface area contributed by atoms with Gasteiger partial charge in [-0.25, -0.2) is 0 Å². The third-order valence-electron chi connectivity index (χ3n) is 3.97. The highest BCUT2D eigenvalue weighted by atomic mass is 16.5. The summed E-state index contributed by atoms with van der Waals surface area (Å²) in [6.45, 7) is 2.15. The molecular formula is C16H20N2O3. The lowest BCUT2D eigenvalue weighted by atomic mass is 10.0. The zero-order chi connectivity index (χ0) is 14.7. The Morgan fingerprint density at radius 1 is 1.29 bits per heavy atom. The van der Waals surface area contributed by atoms with Crippen LogP contribution in [0.4, 0.5) is 0 Å². The average molecular weight is 288 g/mol. The van der Waals surface area contributed by atoms with E-state index in [9.17, 15) is 9.59 Å². The number of hydrogen-bond donors (Lipinski definition) is 1. The minimum absolute atomic E-state index is 0.0797. The minimum Gasteiger partial charge on any atom is -0.493 e. The van der Waals surface area contributed by atoms with E-state index in [1.54, 1.807) is 4.90 Å². The fourth-order valence-corrected chi connectivity index (χ4v) is 2.82. The molecule has 5 heteroatoms. The number of likely N-dealkylation sites (tertiary alicyclic amines) is 1. The molecule has 2 heterocycles. The molecule has 0 spiro atoms. The predicted octanol–water partition coefficient (Wildman–Crippen LogP) is 1.25. The maximum Gasteiger partial charge on any atom is 0.239 e. The first kappa shape index (κ1) is 13.9. The molecule has 2 aliphatic rings. The number of nitrogens with zero attached hydrogens (tertiary/aromatic N) is 1. The van der Waals surface area contributed by atoms with Crippen LogP contribution >= 0.6 is 0 Å². The first-order chi connectivity index (χ1) is 10.2. The molecular weight excluding hydrogens is 268 g/mol. The van der Waals surface area contributed by atoms with Gasteiger partial charge >= 0.3 is 0 Å². The molecule has 0 radical (unpaired) electrons. The molecule has 0 saturated carbocycles. The molecule has 0 unspecified atom stereocenters. The summed E-state index contributed by atoms with van der Waals surface area (Å²) in [5.41, 5.74) is 2.28. The van der Waals surface area contributed by atoms with Gasteiger partial charge < -0.3 is 15.0 Å². The smallest absolute Gasteiger partial charge is 0.239 e. The van der Waals surface area contributed by atoms with Gasteiger partial charge in [0.15, 0.2) is 0 Å². The Hall–Kier alpha value is -2.04. The molecule has 0 aromatic heterocycles. The number of amides is 2. The lowest BCUT2D eigenvalue weighted by molar-refractivity contribution is -0.133. The fourth-order valence-electron chi connectivity index (χ4n) is 2.82. The van der Waals surface area contributed by atoms with Crippen molar-refractivity contribution in [2.24, 2.45) is 0 Å². The van der Waals surface area contributed by atoms with E-state index in [1.807, 2.05) is 12.1 Å². The lowest BCUT2D eigenvalue weighted by Crippen LogP contribution is -2.37. The van der Waals surface area contributed by atoms with Crippen LogP contribution in [0.1, 0.15) is 30.4 Å². The minimum atomic E-state index is -0.0979. The second kappa shape index (κ2) is 6.16. The van der Waals surface area contributed by atoms with E-state index in [-0.39, 0.29) is 18.4 Å². The molecule has 2 aliphatic heterocycles. The Morgan fingerprint density at radius 2 is 2.19 bits per heavy atom. The molecule has 0 bridgehead atoms. The Labute approximate surface area is 124 Å². The summed E-state index contributed by atoms with van der Waals surface area (Å²) in [5.74, 6) is 0.939. The molecule has 2 amide bonds. The van der Waals surface area contributed by atoms with Crippen LogP contribution in [0.5, 0.6) is 5.75 Å². The molecule has 1 fully saturated rings. The Bertz CT molecular complexity index is 556. The van der Waals surface area contributed by atoms with E-state index in [1.165, 1.54) is 5.56 Å². The monoisotopic (exact) mass is 288 g/mol. The van der Waals surface area contributed by atoms with Crippen LogP contribution in [0.15, 0.2) is 18.2 Å². The Kier molecular flexibility index (Phi) is 4.08. The Balaban J connectivity index is 1.52. The molecule has 1 saturated heterocycles. The number of benzene rings is 1. The van der Waals surface area contributed by atoms with E-state index >= 15 is 0 Å². The van der Waals surface area contributed by atoms with Crippen molar-refractivity contribution in [2.45, 2.75) is 32.2 Å². The van der Waals surface area contributed by atoms with Crippen molar-refractivity contribution >= 4 is 11.8 Å². The van der Waals surface area contributed by atoms with Gasteiger partial charge in [-0.1, -0.05) is 12.1 Å². The molecule has 1 aromatic carbocycles. The topological polar surface area (TPSA) is 58.6 Å². The largest absolute Gasteiger partial charge is 0.493 e. The predicted molar refractivity (Wildman–Crippen MR) is 77.9 cm³/mol. The summed E-state index contributed by atoms with van der Waals surface area (Å²) in [5, 5.41) is 2.88. The number of carbonyl (C=O) groups excluding carboxylic acids is 2. The van der Waals surface area contributed by atoms with Gasteiger partial charge in [-0.05, 0) is 36.5 Å². The highest BCUT2D eigenvalue weighted by Crippen LogP contribution is 2.25. The van der Waals surface area contributed by atoms with E-state index in [0.29, 0.717) is 19.5 Å². The summed E-state index contributed by atoms with van der Waals surface area (Å²) in [4.78, 5) is 25.0. The van der Waals surface area contributed by atoms with Crippen LogP contribution < -0.4 is 10.1 Å². The second-order valence-corrected chi connectivity index (χ2v) is 5.59. The highest BCUT2D eigenvalue weighted by molar-refractivity contribution is 5.85. The van der Waals surface area contributed by atoms with Crippen molar-refractivity contribution in [3.8, 4) is 5.75 Å². The number of rotatable bonds is 4. The Morgan fingerprint density at radius 3 is 3.00 bits per heavy atom. The van der Waals surface area contributed by atoms with Crippen molar-refractivity contribution in [3.05, 3.63) is 29.3 Å². The van der Waals surface area contributed by atoms with Crippen molar-refractivity contribution < 1.29 is 14.3 Å². The van der Waals surface area contributed by atoms with Crippen molar-refractivity contribution in [1.82, 2.24) is 10.2 Å². The maximum atomic E-state index is 11.9. The van der Waals surface area contributed by atoms with E-state index in [2.05, 4.69) is 11.4 Å². The van der Waals surface area contributed by atoms with Gasteiger partial charge in [-0.15, -0.1) is 0 Å². The van der Waals surface area contributed by atoms with Crippen LogP contribution in [0.25, 0.3) is 0 Å².